The number of fused-ring (bicyclic) bond motifs is 2. The van der Waals surface area contributed by atoms with E-state index in [0.29, 0.717) is 36.0 Å². The molecule has 6 heteroatoms. The van der Waals surface area contributed by atoms with Gasteiger partial charge in [0.2, 0.25) is 0 Å². The first kappa shape index (κ1) is 20.1. The van der Waals surface area contributed by atoms with Gasteiger partial charge in [0.15, 0.2) is 0 Å². The van der Waals surface area contributed by atoms with Crippen LogP contribution in [-0.4, -0.2) is 43.2 Å². The molecule has 6 nitrogen and oxygen atoms in total. The standard InChI is InChI=1S/C26H24N4O2/c1-32-24-5-3-2-4-21(24)29-26(31)30-15-22-25(23(16-30)28-22)20-12-10-19(11-13-20)18-8-6-17(14-27)7-9-18/h2-13,22-23,25,28H,15-16H2,1H3,(H,29,31)/t22-,23+,25?. The Morgan fingerprint density at radius 3 is 2.25 bits per heavy atom. The van der Waals surface area contributed by atoms with Crippen LogP contribution in [0.15, 0.2) is 72.8 Å². The molecule has 0 spiro atoms. The van der Waals surface area contributed by atoms with Gasteiger partial charge in [-0.15, -0.1) is 0 Å². The average Bonchev–Trinajstić information content (AvgIpc) is 2.85. The van der Waals surface area contributed by atoms with E-state index in [4.69, 9.17) is 10.00 Å². The lowest BCUT2D eigenvalue weighted by atomic mass is 9.74. The molecule has 0 saturated carbocycles. The summed E-state index contributed by atoms with van der Waals surface area (Å²) >= 11 is 0. The molecule has 3 heterocycles. The topological polar surface area (TPSA) is 77.4 Å². The van der Waals surface area contributed by atoms with Gasteiger partial charge in [0.05, 0.1) is 24.4 Å². The SMILES string of the molecule is COc1ccccc1NC(=O)N1C[C@@H]2N[C@H](C1)C2c1ccc(-c2ccc(C#N)cc2)cc1. The number of nitriles is 1. The molecule has 160 valence electrons. The number of hydrogen-bond donors (Lipinski definition) is 2. The van der Waals surface area contributed by atoms with E-state index in [1.54, 1.807) is 7.11 Å². The Kier molecular flexibility index (Phi) is 5.26. The third-order valence-corrected chi connectivity index (χ3v) is 6.41. The van der Waals surface area contributed by atoms with Crippen LogP contribution in [0.5, 0.6) is 5.75 Å². The molecule has 2 amide bonds. The number of benzene rings is 3. The third kappa shape index (κ3) is 3.68. The minimum atomic E-state index is -0.0967. The number of rotatable bonds is 4. The van der Waals surface area contributed by atoms with Crippen molar-refractivity contribution < 1.29 is 9.53 Å². The van der Waals surface area contributed by atoms with Crippen LogP contribution in [0.2, 0.25) is 0 Å². The number of ether oxygens (including phenoxy) is 1. The zero-order chi connectivity index (χ0) is 22.1. The number of para-hydroxylation sites is 2. The lowest BCUT2D eigenvalue weighted by Gasteiger charge is -2.54. The summed E-state index contributed by atoms with van der Waals surface area (Å²) in [6.07, 6.45) is 0. The molecule has 3 saturated heterocycles. The van der Waals surface area contributed by atoms with Crippen LogP contribution >= 0.6 is 0 Å². The summed E-state index contributed by atoms with van der Waals surface area (Å²) in [6, 6.07) is 26.3. The van der Waals surface area contributed by atoms with Crippen molar-refractivity contribution in [3.63, 3.8) is 0 Å². The molecule has 0 aliphatic carbocycles. The number of anilines is 1. The normalized spacial score (nSPS) is 21.2. The molecule has 1 unspecified atom stereocenters. The number of piperazine rings is 1. The number of urea groups is 1. The molecular formula is C26H24N4O2. The summed E-state index contributed by atoms with van der Waals surface area (Å²) in [5, 5.41) is 15.5. The first-order valence-corrected chi connectivity index (χ1v) is 10.7. The number of carbonyl (C=O) groups is 1. The van der Waals surface area contributed by atoms with Crippen molar-refractivity contribution in [1.82, 2.24) is 10.2 Å². The molecule has 3 fully saturated rings. The molecule has 0 radical (unpaired) electrons. The van der Waals surface area contributed by atoms with E-state index in [1.807, 2.05) is 53.4 Å². The Morgan fingerprint density at radius 2 is 1.62 bits per heavy atom. The van der Waals surface area contributed by atoms with Crippen LogP contribution < -0.4 is 15.4 Å². The highest BCUT2D eigenvalue weighted by Gasteiger charge is 2.48. The second kappa shape index (κ2) is 8.37. The van der Waals surface area contributed by atoms with Crippen LogP contribution in [-0.2, 0) is 0 Å². The van der Waals surface area contributed by atoms with Gasteiger partial charge in [-0.1, -0.05) is 48.5 Å². The van der Waals surface area contributed by atoms with Gasteiger partial charge in [-0.3, -0.25) is 0 Å². The fraction of sp³-hybridized carbons (Fsp3) is 0.231. The molecule has 3 aromatic carbocycles. The zero-order valence-corrected chi connectivity index (χ0v) is 17.8. The van der Waals surface area contributed by atoms with Crippen LogP contribution in [0.1, 0.15) is 17.0 Å². The van der Waals surface area contributed by atoms with Gasteiger partial charge >= 0.3 is 6.03 Å². The van der Waals surface area contributed by atoms with E-state index in [1.165, 1.54) is 5.56 Å². The van der Waals surface area contributed by atoms with Crippen molar-refractivity contribution in [2.45, 2.75) is 18.0 Å². The molecule has 3 aliphatic heterocycles. The van der Waals surface area contributed by atoms with Crippen LogP contribution in [0.25, 0.3) is 11.1 Å². The van der Waals surface area contributed by atoms with E-state index in [9.17, 15) is 4.79 Å². The lowest BCUT2D eigenvalue weighted by Crippen LogP contribution is -2.72. The molecule has 3 aromatic rings. The Labute approximate surface area is 187 Å². The quantitative estimate of drug-likeness (QED) is 0.658. The maximum Gasteiger partial charge on any atom is 0.322 e. The maximum atomic E-state index is 12.8. The van der Waals surface area contributed by atoms with Gasteiger partial charge in [-0.2, -0.15) is 5.26 Å². The zero-order valence-electron chi connectivity index (χ0n) is 17.8. The Morgan fingerprint density at radius 1 is 1.00 bits per heavy atom. The van der Waals surface area contributed by atoms with Gasteiger partial charge in [0, 0.05) is 31.1 Å². The van der Waals surface area contributed by atoms with E-state index in [0.717, 1.165) is 11.1 Å². The summed E-state index contributed by atoms with van der Waals surface area (Å²) < 4.78 is 5.33. The predicted octanol–water partition coefficient (Wildman–Crippen LogP) is 4.21. The second-order valence-electron chi connectivity index (χ2n) is 8.25. The fourth-order valence-corrected chi connectivity index (χ4v) is 4.73. The van der Waals surface area contributed by atoms with E-state index in [2.05, 4.69) is 41.0 Å². The van der Waals surface area contributed by atoms with Crippen molar-refractivity contribution in [1.29, 1.82) is 5.26 Å². The number of piperidine rings is 1. The van der Waals surface area contributed by atoms with Crippen molar-refractivity contribution >= 4 is 11.7 Å². The molecule has 32 heavy (non-hydrogen) atoms. The molecule has 2 bridgehead atoms. The summed E-state index contributed by atoms with van der Waals surface area (Å²) in [5.41, 5.74) is 4.87. The van der Waals surface area contributed by atoms with Gasteiger partial charge in [0.25, 0.3) is 0 Å². The fourth-order valence-electron chi connectivity index (χ4n) is 4.73. The van der Waals surface area contributed by atoms with Gasteiger partial charge in [0.1, 0.15) is 5.75 Å². The molecule has 3 atom stereocenters. The lowest BCUT2D eigenvalue weighted by molar-refractivity contribution is 0.0759. The maximum absolute atomic E-state index is 12.8. The first-order valence-electron chi connectivity index (χ1n) is 10.7. The number of hydrogen-bond acceptors (Lipinski definition) is 4. The van der Waals surface area contributed by atoms with Crippen molar-refractivity contribution in [3.8, 4) is 22.9 Å². The van der Waals surface area contributed by atoms with E-state index >= 15 is 0 Å². The summed E-state index contributed by atoms with van der Waals surface area (Å²) in [5.74, 6) is 1.06. The molecule has 3 aliphatic rings. The van der Waals surface area contributed by atoms with Crippen LogP contribution in [0.4, 0.5) is 10.5 Å². The van der Waals surface area contributed by atoms with Crippen LogP contribution in [0.3, 0.4) is 0 Å². The molecule has 6 rings (SSSR count). The second-order valence-corrected chi connectivity index (χ2v) is 8.25. The third-order valence-electron chi connectivity index (χ3n) is 6.41. The molecule has 0 aromatic heterocycles. The van der Waals surface area contributed by atoms with Crippen molar-refractivity contribution in [2.24, 2.45) is 0 Å². The highest BCUT2D eigenvalue weighted by Crippen LogP contribution is 2.38. The number of nitrogens with one attached hydrogen (secondary N) is 2. The van der Waals surface area contributed by atoms with E-state index < -0.39 is 0 Å². The van der Waals surface area contributed by atoms with Gasteiger partial charge in [-0.25, -0.2) is 4.79 Å². The molecular weight excluding hydrogens is 400 g/mol. The smallest absolute Gasteiger partial charge is 0.322 e. The van der Waals surface area contributed by atoms with Crippen molar-refractivity contribution in [3.05, 3.63) is 83.9 Å². The van der Waals surface area contributed by atoms with Gasteiger partial charge in [-0.05, 0) is 41.0 Å². The average molecular weight is 425 g/mol. The number of nitrogens with zero attached hydrogens (tertiary/aromatic N) is 2. The highest BCUT2D eigenvalue weighted by molar-refractivity contribution is 5.91. The Hall–Kier alpha value is -3.82. The summed E-state index contributed by atoms with van der Waals surface area (Å²) in [6.45, 7) is 1.33. The predicted molar refractivity (Wildman–Crippen MR) is 124 cm³/mol. The van der Waals surface area contributed by atoms with Crippen LogP contribution in [0, 0.1) is 11.3 Å². The minimum absolute atomic E-state index is 0.0967. The van der Waals surface area contributed by atoms with Crippen molar-refractivity contribution in [2.75, 3.05) is 25.5 Å². The highest BCUT2D eigenvalue weighted by atomic mass is 16.5. The molecule has 2 N–H and O–H groups in total. The Bertz CT molecular complexity index is 1160. The largest absolute Gasteiger partial charge is 0.495 e. The number of carbonyl (C=O) groups excluding carboxylic acids is 1. The summed E-state index contributed by atoms with van der Waals surface area (Å²) in [7, 11) is 1.60. The monoisotopic (exact) mass is 424 g/mol. The number of methoxy groups -OCH3 is 1. The summed E-state index contributed by atoms with van der Waals surface area (Å²) in [4.78, 5) is 14.7. The number of amides is 2. The van der Waals surface area contributed by atoms with Gasteiger partial charge < -0.3 is 20.3 Å². The van der Waals surface area contributed by atoms with E-state index in [-0.39, 0.29) is 18.1 Å². The Balaban J connectivity index is 1.24. The minimum Gasteiger partial charge on any atom is -0.495 e. The first-order chi connectivity index (χ1) is 15.7.